The van der Waals surface area contributed by atoms with E-state index in [-0.39, 0.29) is 55.2 Å². The second kappa shape index (κ2) is 7.71. The highest BCUT2D eigenvalue weighted by molar-refractivity contribution is 9.10. The number of sulfonamides is 1. The normalized spacial score (nSPS) is 19.5. The second-order valence-electron chi connectivity index (χ2n) is 4.63. The Hall–Kier alpha value is -0.710. The number of carbonyl (C=O) groups excluding carboxylic acids is 1. The number of halogens is 2. The summed E-state index contributed by atoms with van der Waals surface area (Å²) in [7, 11) is -3.72. The molecule has 0 aliphatic carbocycles. The smallest absolute Gasteiger partial charge is 0.248 e. The molecule has 1 fully saturated rings. The van der Waals surface area contributed by atoms with E-state index in [4.69, 9.17) is 16.2 Å². The van der Waals surface area contributed by atoms with Crippen molar-refractivity contribution in [2.24, 2.45) is 11.5 Å². The fourth-order valence-electron chi connectivity index (χ4n) is 2.06. The zero-order valence-corrected chi connectivity index (χ0v) is 14.8. The monoisotopic (exact) mass is 413 g/mol. The molecule has 22 heavy (non-hydrogen) atoms. The molecule has 1 aromatic rings. The average Bonchev–Trinajstić information content (AvgIpc) is 2.46. The molecule has 0 spiro atoms. The van der Waals surface area contributed by atoms with Crippen LogP contribution in [0, 0.1) is 0 Å². The third-order valence-corrected chi connectivity index (χ3v) is 5.46. The number of carbonyl (C=O) groups is 1. The lowest BCUT2D eigenvalue weighted by atomic mass is 10.2. The van der Waals surface area contributed by atoms with Crippen molar-refractivity contribution in [3.8, 4) is 0 Å². The Morgan fingerprint density at radius 1 is 1.41 bits per heavy atom. The predicted molar refractivity (Wildman–Crippen MR) is 87.5 cm³/mol. The molecule has 0 aromatic heterocycles. The van der Waals surface area contributed by atoms with Gasteiger partial charge in [0.1, 0.15) is 0 Å². The maximum Gasteiger partial charge on any atom is 0.248 e. The van der Waals surface area contributed by atoms with Crippen molar-refractivity contribution in [3.05, 3.63) is 28.2 Å². The van der Waals surface area contributed by atoms with Crippen LogP contribution in [-0.2, 0) is 14.8 Å². The van der Waals surface area contributed by atoms with Gasteiger partial charge in [-0.2, -0.15) is 4.31 Å². The number of amides is 1. The summed E-state index contributed by atoms with van der Waals surface area (Å²) in [5.74, 6) is -0.686. The molecule has 1 aliphatic heterocycles. The summed E-state index contributed by atoms with van der Waals surface area (Å²) in [4.78, 5) is 11.3. The van der Waals surface area contributed by atoms with Crippen LogP contribution in [0.3, 0.4) is 0 Å². The largest absolute Gasteiger partial charge is 0.374 e. The topological polar surface area (TPSA) is 116 Å². The van der Waals surface area contributed by atoms with E-state index in [9.17, 15) is 13.2 Å². The van der Waals surface area contributed by atoms with Crippen LogP contribution >= 0.6 is 28.3 Å². The number of hydrogen-bond acceptors (Lipinski definition) is 5. The quantitative estimate of drug-likeness (QED) is 0.736. The second-order valence-corrected chi connectivity index (χ2v) is 7.49. The molecule has 2 rings (SSSR count). The number of rotatable bonds is 4. The molecule has 1 unspecified atom stereocenters. The molecule has 124 valence electrons. The van der Waals surface area contributed by atoms with Crippen molar-refractivity contribution in [3.63, 3.8) is 0 Å². The highest BCUT2D eigenvalue weighted by Gasteiger charge is 2.30. The van der Waals surface area contributed by atoms with Crippen molar-refractivity contribution < 1.29 is 17.9 Å². The van der Waals surface area contributed by atoms with E-state index in [1.165, 1.54) is 22.5 Å². The number of nitrogens with two attached hydrogens (primary N) is 2. The van der Waals surface area contributed by atoms with Crippen LogP contribution in [0.5, 0.6) is 0 Å². The molecule has 1 aliphatic rings. The molecule has 1 amide bonds. The van der Waals surface area contributed by atoms with E-state index in [0.29, 0.717) is 4.47 Å². The van der Waals surface area contributed by atoms with Crippen molar-refractivity contribution in [1.29, 1.82) is 0 Å². The van der Waals surface area contributed by atoms with E-state index in [1.807, 2.05) is 0 Å². The Morgan fingerprint density at radius 3 is 2.68 bits per heavy atom. The Labute approximate surface area is 143 Å². The number of morpholine rings is 1. The SMILES string of the molecule is Cl.NCC1CN(S(=O)(=O)c2cc(Br)cc(C(N)=O)c2)CCO1. The molecular formula is C12H17BrClN3O4S. The first-order valence-corrected chi connectivity index (χ1v) is 8.50. The van der Waals surface area contributed by atoms with Gasteiger partial charge in [0, 0.05) is 29.7 Å². The van der Waals surface area contributed by atoms with E-state index in [1.54, 1.807) is 0 Å². The van der Waals surface area contributed by atoms with Gasteiger partial charge in [-0.15, -0.1) is 12.4 Å². The summed E-state index contributed by atoms with van der Waals surface area (Å²) in [5, 5.41) is 0. The molecular weight excluding hydrogens is 398 g/mol. The van der Waals surface area contributed by atoms with E-state index >= 15 is 0 Å². The molecule has 1 saturated heterocycles. The van der Waals surface area contributed by atoms with Crippen LogP contribution in [0.15, 0.2) is 27.6 Å². The van der Waals surface area contributed by atoms with Gasteiger partial charge < -0.3 is 16.2 Å². The zero-order chi connectivity index (χ0) is 15.6. The van der Waals surface area contributed by atoms with Crippen LogP contribution in [0.1, 0.15) is 10.4 Å². The van der Waals surface area contributed by atoms with Gasteiger partial charge >= 0.3 is 0 Å². The van der Waals surface area contributed by atoms with Crippen molar-refractivity contribution in [2.45, 2.75) is 11.0 Å². The first-order valence-electron chi connectivity index (χ1n) is 6.27. The maximum atomic E-state index is 12.6. The summed E-state index contributed by atoms with van der Waals surface area (Å²) >= 11 is 3.19. The minimum atomic E-state index is -3.72. The minimum absolute atomic E-state index is 0. The fraction of sp³-hybridized carbons (Fsp3) is 0.417. The van der Waals surface area contributed by atoms with E-state index in [2.05, 4.69) is 15.9 Å². The maximum absolute atomic E-state index is 12.6. The third-order valence-electron chi connectivity index (χ3n) is 3.16. The van der Waals surface area contributed by atoms with Gasteiger partial charge in [-0.05, 0) is 18.2 Å². The number of primary amides is 1. The van der Waals surface area contributed by atoms with Crippen molar-refractivity contribution >= 4 is 44.3 Å². The Morgan fingerprint density at radius 2 is 2.09 bits per heavy atom. The Kier molecular flexibility index (Phi) is 6.78. The van der Waals surface area contributed by atoms with Gasteiger partial charge in [0.05, 0.1) is 17.6 Å². The van der Waals surface area contributed by atoms with Gasteiger partial charge in [-0.3, -0.25) is 4.79 Å². The first-order chi connectivity index (χ1) is 9.84. The Bertz CT molecular complexity index is 656. The summed E-state index contributed by atoms with van der Waals surface area (Å²) in [5.41, 5.74) is 10.9. The van der Waals surface area contributed by atoms with Crippen LogP contribution in [0.4, 0.5) is 0 Å². The highest BCUT2D eigenvalue weighted by atomic mass is 79.9. The van der Waals surface area contributed by atoms with Crippen LogP contribution in [0.25, 0.3) is 0 Å². The van der Waals surface area contributed by atoms with E-state index < -0.39 is 15.9 Å². The number of hydrogen-bond donors (Lipinski definition) is 2. The van der Waals surface area contributed by atoms with Crippen molar-refractivity contribution in [1.82, 2.24) is 4.31 Å². The molecule has 0 radical (unpaired) electrons. The minimum Gasteiger partial charge on any atom is -0.374 e. The van der Waals surface area contributed by atoms with Gasteiger partial charge in [0.2, 0.25) is 15.9 Å². The molecule has 7 nitrogen and oxygen atoms in total. The molecule has 4 N–H and O–H groups in total. The van der Waals surface area contributed by atoms with Crippen LogP contribution in [-0.4, -0.2) is 51.0 Å². The first kappa shape index (κ1) is 19.3. The lowest BCUT2D eigenvalue weighted by molar-refractivity contribution is 0.00450. The van der Waals surface area contributed by atoms with Gasteiger partial charge in [0.25, 0.3) is 0 Å². The summed E-state index contributed by atoms with van der Waals surface area (Å²) < 4.78 is 32.4. The van der Waals surface area contributed by atoms with Gasteiger partial charge in [-0.25, -0.2) is 8.42 Å². The number of benzene rings is 1. The Balaban J connectivity index is 0.00000242. The molecule has 0 bridgehead atoms. The molecule has 1 aromatic carbocycles. The summed E-state index contributed by atoms with van der Waals surface area (Å²) in [6, 6.07) is 4.19. The summed E-state index contributed by atoms with van der Waals surface area (Å²) in [6.45, 7) is 0.976. The molecule has 0 saturated carbocycles. The van der Waals surface area contributed by atoms with Crippen LogP contribution < -0.4 is 11.5 Å². The third kappa shape index (κ3) is 4.18. The van der Waals surface area contributed by atoms with Crippen molar-refractivity contribution in [2.75, 3.05) is 26.2 Å². The zero-order valence-electron chi connectivity index (χ0n) is 11.6. The standard InChI is InChI=1S/C12H16BrN3O4S.ClH/c13-9-3-8(12(15)17)4-11(5-9)21(18,19)16-1-2-20-10(6-14)7-16;/h3-5,10H,1-2,6-7,14H2,(H2,15,17);1H. The number of nitrogens with zero attached hydrogens (tertiary/aromatic N) is 1. The molecule has 1 atom stereocenters. The predicted octanol–water partition coefficient (Wildman–Crippen LogP) is 0.318. The van der Waals surface area contributed by atoms with Crippen LogP contribution in [0.2, 0.25) is 0 Å². The summed E-state index contributed by atoms with van der Waals surface area (Å²) in [6.07, 6.45) is -0.323. The fourth-order valence-corrected chi connectivity index (χ4v) is 4.23. The average molecular weight is 415 g/mol. The van der Waals surface area contributed by atoms with Gasteiger partial charge in [0.15, 0.2) is 0 Å². The molecule has 10 heteroatoms. The van der Waals surface area contributed by atoms with Gasteiger partial charge in [-0.1, -0.05) is 15.9 Å². The lowest BCUT2D eigenvalue weighted by Gasteiger charge is -2.31. The highest BCUT2D eigenvalue weighted by Crippen LogP contribution is 2.23. The van der Waals surface area contributed by atoms with E-state index in [0.717, 1.165) is 0 Å². The lowest BCUT2D eigenvalue weighted by Crippen LogP contribution is -2.48. The molecule has 1 heterocycles. The number of ether oxygens (including phenoxy) is 1.